The summed E-state index contributed by atoms with van der Waals surface area (Å²) in [5.41, 5.74) is 8.98. The van der Waals surface area contributed by atoms with E-state index in [9.17, 15) is 19.2 Å². The van der Waals surface area contributed by atoms with E-state index in [0.29, 0.717) is 52.6 Å². The van der Waals surface area contributed by atoms with Gasteiger partial charge in [-0.15, -0.1) is 0 Å². The molecule has 0 bridgehead atoms. The zero-order valence-electron chi connectivity index (χ0n) is 47.8. The zero-order chi connectivity index (χ0) is 59.4. The van der Waals surface area contributed by atoms with E-state index in [1.54, 1.807) is 122 Å². The summed E-state index contributed by atoms with van der Waals surface area (Å²) in [4.78, 5) is 61.5. The Morgan fingerprint density at radius 1 is 0.405 bits per heavy atom. The van der Waals surface area contributed by atoms with Gasteiger partial charge in [-0.25, -0.2) is 14.4 Å². The number of carbonyl (C=O) groups is 2. The largest absolute Gasteiger partial charge is 0.494 e. The molecule has 426 valence electrons. The second-order valence-electron chi connectivity index (χ2n) is 19.1. The highest BCUT2D eigenvalue weighted by Crippen LogP contribution is 2.25. The molecule has 0 aliphatic rings. The van der Waals surface area contributed by atoms with Crippen molar-refractivity contribution in [3.8, 4) is 40.2 Å². The van der Waals surface area contributed by atoms with Crippen molar-refractivity contribution in [2.45, 2.75) is 85.0 Å². The van der Waals surface area contributed by atoms with Gasteiger partial charge in [0.05, 0.1) is 59.8 Å². The third-order valence-electron chi connectivity index (χ3n) is 12.7. The molecule has 0 aromatic heterocycles. The Hall–Kier alpha value is -10.1. The fraction of sp³-hybridized carbons (Fsp3) is 0.225. The third-order valence-corrected chi connectivity index (χ3v) is 12.7. The number of nitrogens with zero attached hydrogens (tertiary/aromatic N) is 5. The highest BCUT2D eigenvalue weighted by molar-refractivity contribution is 6.09. The molecule has 0 N–H and O–H groups in total. The van der Waals surface area contributed by atoms with Crippen LogP contribution in [0.4, 0.5) is 22.7 Å². The Labute approximate surface area is 492 Å². The van der Waals surface area contributed by atoms with E-state index >= 15 is 0 Å². The van der Waals surface area contributed by atoms with Crippen molar-refractivity contribution in [2.24, 2.45) is 20.0 Å². The molecule has 8 aromatic carbocycles. The molecular formula is C71H69N5O8. The second-order valence-corrected chi connectivity index (χ2v) is 19.1. The number of aliphatic imine (C=N–C) groups is 4. The summed E-state index contributed by atoms with van der Waals surface area (Å²) in [5, 5.41) is 8.81. The number of isocyanates is 2. The second kappa shape index (κ2) is 36.3. The van der Waals surface area contributed by atoms with Gasteiger partial charge in [0, 0.05) is 23.6 Å². The lowest BCUT2D eigenvalue weighted by atomic mass is 10.0. The van der Waals surface area contributed by atoms with Crippen LogP contribution in [0, 0.1) is 11.3 Å². The zero-order valence-corrected chi connectivity index (χ0v) is 47.8. The van der Waals surface area contributed by atoms with Crippen LogP contribution in [-0.4, -0.2) is 56.2 Å². The number of ether oxygens (including phenoxy) is 4. The predicted molar refractivity (Wildman–Crippen MR) is 333 cm³/mol. The summed E-state index contributed by atoms with van der Waals surface area (Å²) in [6.07, 6.45) is 18.0. The van der Waals surface area contributed by atoms with Gasteiger partial charge in [-0.3, -0.25) is 14.8 Å². The molecule has 0 amide bonds. The first kappa shape index (κ1) is 63.1. The van der Waals surface area contributed by atoms with Crippen molar-refractivity contribution in [3.05, 3.63) is 228 Å². The van der Waals surface area contributed by atoms with Gasteiger partial charge in [-0.1, -0.05) is 114 Å². The Morgan fingerprint density at radius 2 is 0.750 bits per heavy atom. The summed E-state index contributed by atoms with van der Waals surface area (Å²) in [6, 6.07) is 60.2. The fourth-order valence-electron chi connectivity index (χ4n) is 7.98. The Balaban J connectivity index is 0.000000209. The summed E-state index contributed by atoms with van der Waals surface area (Å²) < 4.78 is 22.6. The van der Waals surface area contributed by atoms with E-state index < -0.39 is 5.97 Å². The lowest BCUT2D eigenvalue weighted by molar-refractivity contribution is 0.0734. The molecule has 13 heteroatoms. The molecule has 0 heterocycles. The number of benzene rings is 8. The van der Waals surface area contributed by atoms with Gasteiger partial charge in [-0.05, 0) is 187 Å². The molecule has 0 radical (unpaired) electrons. The number of carbonyl (C=O) groups excluding carboxylic acids is 4. The number of hydrogen-bond donors (Lipinski definition) is 0. The molecule has 0 spiro atoms. The minimum absolute atomic E-state index is 0.102. The van der Waals surface area contributed by atoms with Crippen LogP contribution in [0.25, 0.3) is 11.1 Å². The minimum Gasteiger partial charge on any atom is -0.494 e. The van der Waals surface area contributed by atoms with Gasteiger partial charge in [0.2, 0.25) is 12.2 Å². The maximum atomic E-state index is 12.8. The smallest absolute Gasteiger partial charge is 0.343 e. The Bertz CT molecular complexity index is 3360. The van der Waals surface area contributed by atoms with E-state index in [1.165, 1.54) is 31.4 Å². The highest BCUT2D eigenvalue weighted by Gasteiger charge is 2.13. The molecule has 0 fully saturated rings. The van der Waals surface area contributed by atoms with Crippen molar-refractivity contribution >= 4 is 59.1 Å². The lowest BCUT2D eigenvalue weighted by Crippen LogP contribution is -2.09. The first-order chi connectivity index (χ1) is 41.2. The summed E-state index contributed by atoms with van der Waals surface area (Å²) >= 11 is 0. The van der Waals surface area contributed by atoms with Crippen molar-refractivity contribution in [3.63, 3.8) is 0 Å². The molecule has 8 rings (SSSR count). The number of hydrogen-bond acceptors (Lipinski definition) is 13. The number of nitriles is 1. The van der Waals surface area contributed by atoms with E-state index in [4.69, 9.17) is 24.2 Å². The molecule has 0 aliphatic heterocycles. The lowest BCUT2D eigenvalue weighted by Gasteiger charge is -2.08. The quantitative estimate of drug-likeness (QED) is 0.0121. The molecule has 0 atom stereocenters. The van der Waals surface area contributed by atoms with Crippen LogP contribution in [0.15, 0.2) is 214 Å². The molecule has 0 saturated heterocycles. The van der Waals surface area contributed by atoms with Crippen LogP contribution in [0.5, 0.6) is 23.0 Å². The maximum absolute atomic E-state index is 12.8. The van der Waals surface area contributed by atoms with Crippen LogP contribution in [-0.2, 0) is 9.59 Å². The van der Waals surface area contributed by atoms with Gasteiger partial charge < -0.3 is 18.9 Å². The van der Waals surface area contributed by atoms with Crippen molar-refractivity contribution in [2.75, 3.05) is 19.8 Å². The number of unbranched alkanes of at least 4 members (excludes halogenated alkanes) is 7. The van der Waals surface area contributed by atoms with Gasteiger partial charge in [0.15, 0.2) is 5.78 Å². The van der Waals surface area contributed by atoms with Crippen LogP contribution in [0.1, 0.15) is 128 Å². The minimum atomic E-state index is -0.462. The summed E-state index contributed by atoms with van der Waals surface area (Å²) in [6.45, 7) is 8.65. The van der Waals surface area contributed by atoms with Gasteiger partial charge >= 0.3 is 5.97 Å². The molecule has 0 saturated carbocycles. The van der Waals surface area contributed by atoms with E-state index in [0.717, 1.165) is 102 Å². The van der Waals surface area contributed by atoms with E-state index in [1.807, 2.05) is 72.8 Å². The monoisotopic (exact) mass is 1120 g/mol. The summed E-state index contributed by atoms with van der Waals surface area (Å²) in [7, 11) is 0. The SMILES string of the molecule is CCCCCCOc1ccc(-c2ccc(C#N)cc2)cc1.CCCCCOc1ccc(C(=O)Oc2ccc(C(=O)c3ccc(OCCCCC)cc3)cc2)cc1.O=C=Nc1ccc(N=Cc2ccc(C=Nc3ccc(N=C=O)cc3)cc2)cc1. The average molecular weight is 1120 g/mol. The average Bonchev–Trinajstić information content (AvgIpc) is 3.73. The Kier molecular flexibility index (Phi) is 27.2. The number of ketones is 1. The third kappa shape index (κ3) is 22.4. The predicted octanol–water partition coefficient (Wildman–Crippen LogP) is 17.6. The van der Waals surface area contributed by atoms with E-state index in [-0.39, 0.29) is 5.78 Å². The number of rotatable bonds is 27. The van der Waals surface area contributed by atoms with Gasteiger partial charge in [0.25, 0.3) is 0 Å². The molecular weight excluding hydrogens is 1050 g/mol. The maximum Gasteiger partial charge on any atom is 0.343 e. The van der Waals surface area contributed by atoms with Crippen LogP contribution in [0.3, 0.4) is 0 Å². The van der Waals surface area contributed by atoms with Crippen LogP contribution < -0.4 is 18.9 Å². The van der Waals surface area contributed by atoms with Crippen molar-refractivity contribution < 1.29 is 38.1 Å². The molecule has 13 nitrogen and oxygen atoms in total. The Morgan fingerprint density at radius 3 is 1.14 bits per heavy atom. The molecule has 84 heavy (non-hydrogen) atoms. The molecule has 8 aromatic rings. The number of esters is 1. The van der Waals surface area contributed by atoms with Crippen molar-refractivity contribution in [1.29, 1.82) is 5.26 Å². The fourth-order valence-corrected chi connectivity index (χ4v) is 7.98. The summed E-state index contributed by atoms with van der Waals surface area (Å²) in [5.74, 6) is 2.23. The standard InChI is InChI=1S/C30H34O5.C22H14N4O2.C19H21NO/c1-3-5-7-21-33-26-15-9-23(10-16-26)29(31)24-11-19-28(20-12-24)35-30(32)25-13-17-27(18-14-25)34-22-8-6-4-2;27-15-25-21-9-5-19(6-10-21)23-13-17-1-2-18(4-3-17)14-24-20-7-11-22(12-8-20)26-16-28;1-2-3-4-5-14-21-19-12-10-18(11-13-19)17-8-6-16(15-20)7-9-17/h9-20H,3-8,21-22H2,1-2H3;1-14H;6-13H,2-5,14H2,1H3. The van der Waals surface area contributed by atoms with Crippen LogP contribution >= 0.6 is 0 Å². The van der Waals surface area contributed by atoms with Crippen LogP contribution in [0.2, 0.25) is 0 Å². The van der Waals surface area contributed by atoms with Gasteiger partial charge in [-0.2, -0.15) is 15.2 Å². The molecule has 0 unspecified atom stereocenters. The first-order valence-corrected chi connectivity index (χ1v) is 28.3. The first-order valence-electron chi connectivity index (χ1n) is 28.3. The molecule has 0 aliphatic carbocycles. The highest BCUT2D eigenvalue weighted by atomic mass is 16.5. The van der Waals surface area contributed by atoms with Gasteiger partial charge in [0.1, 0.15) is 23.0 Å². The normalized spacial score (nSPS) is 10.5. The topological polar surface area (TPSA) is 178 Å². The van der Waals surface area contributed by atoms with Crippen molar-refractivity contribution in [1.82, 2.24) is 0 Å². The van der Waals surface area contributed by atoms with E-state index in [2.05, 4.69) is 58.9 Å².